The standard InChI is InChI=1S/C11H11NO2/c13-7-5-11(6-7)8-3-1-2-4-9(8)12-10(11)14/h1-4,7,13H,5-6H2,(H,12,14)/t7-,11-. The molecule has 1 heterocycles. The molecule has 3 rings (SSSR count). The number of anilines is 1. The molecule has 1 saturated carbocycles. The van der Waals surface area contributed by atoms with E-state index in [1.54, 1.807) is 0 Å². The number of carbonyl (C=O) groups is 1. The molecule has 0 bridgehead atoms. The number of para-hydroxylation sites is 1. The molecule has 3 heteroatoms. The van der Waals surface area contributed by atoms with Crippen LogP contribution in [-0.4, -0.2) is 17.1 Å². The van der Waals surface area contributed by atoms with Gasteiger partial charge in [0.25, 0.3) is 0 Å². The van der Waals surface area contributed by atoms with Gasteiger partial charge in [-0.3, -0.25) is 4.79 Å². The molecule has 1 fully saturated rings. The van der Waals surface area contributed by atoms with E-state index in [4.69, 9.17) is 0 Å². The topological polar surface area (TPSA) is 49.3 Å². The summed E-state index contributed by atoms with van der Waals surface area (Å²) in [6.45, 7) is 0. The Balaban J connectivity index is 2.12. The number of hydrogen-bond acceptors (Lipinski definition) is 2. The fourth-order valence-corrected chi connectivity index (χ4v) is 2.52. The molecule has 1 amide bonds. The zero-order valence-corrected chi connectivity index (χ0v) is 7.66. The number of benzene rings is 1. The number of rotatable bonds is 0. The number of amides is 1. The normalized spacial score (nSPS) is 33.8. The molecular formula is C11H11NO2. The van der Waals surface area contributed by atoms with Crippen molar-refractivity contribution < 1.29 is 9.90 Å². The van der Waals surface area contributed by atoms with E-state index < -0.39 is 5.41 Å². The van der Waals surface area contributed by atoms with Gasteiger partial charge < -0.3 is 10.4 Å². The summed E-state index contributed by atoms with van der Waals surface area (Å²) < 4.78 is 0. The van der Waals surface area contributed by atoms with Gasteiger partial charge in [0.1, 0.15) is 0 Å². The summed E-state index contributed by atoms with van der Waals surface area (Å²) in [5, 5.41) is 12.2. The molecule has 1 spiro atoms. The quantitative estimate of drug-likeness (QED) is 0.640. The maximum absolute atomic E-state index is 11.8. The van der Waals surface area contributed by atoms with Crippen molar-refractivity contribution in [2.45, 2.75) is 24.4 Å². The summed E-state index contributed by atoms with van der Waals surface area (Å²) in [5.41, 5.74) is 1.54. The van der Waals surface area contributed by atoms with Gasteiger partial charge in [0.15, 0.2) is 0 Å². The van der Waals surface area contributed by atoms with Gasteiger partial charge in [-0.15, -0.1) is 0 Å². The maximum Gasteiger partial charge on any atom is 0.235 e. The summed E-state index contributed by atoms with van der Waals surface area (Å²) in [5.74, 6) is 0.0454. The Morgan fingerprint density at radius 2 is 2.07 bits per heavy atom. The smallest absolute Gasteiger partial charge is 0.235 e. The highest BCUT2D eigenvalue weighted by atomic mass is 16.3. The predicted molar refractivity (Wildman–Crippen MR) is 52.0 cm³/mol. The van der Waals surface area contributed by atoms with Gasteiger partial charge in [-0.05, 0) is 24.5 Å². The van der Waals surface area contributed by atoms with E-state index in [0.29, 0.717) is 12.8 Å². The van der Waals surface area contributed by atoms with Crippen LogP contribution in [0.3, 0.4) is 0 Å². The molecule has 1 aromatic carbocycles. The molecule has 72 valence electrons. The van der Waals surface area contributed by atoms with Crippen LogP contribution < -0.4 is 5.32 Å². The van der Waals surface area contributed by atoms with E-state index in [1.807, 2.05) is 24.3 Å². The second-order valence-electron chi connectivity index (χ2n) is 4.14. The predicted octanol–water partition coefficient (Wildman–Crippen LogP) is 1.03. The lowest BCUT2D eigenvalue weighted by Crippen LogP contribution is -2.49. The second-order valence-corrected chi connectivity index (χ2v) is 4.14. The largest absolute Gasteiger partial charge is 0.393 e. The third-order valence-corrected chi connectivity index (χ3v) is 3.29. The molecule has 2 N–H and O–H groups in total. The summed E-state index contributed by atoms with van der Waals surface area (Å²) >= 11 is 0. The Morgan fingerprint density at radius 1 is 1.36 bits per heavy atom. The van der Waals surface area contributed by atoms with Crippen molar-refractivity contribution in [2.75, 3.05) is 5.32 Å². The molecule has 14 heavy (non-hydrogen) atoms. The number of aliphatic hydroxyl groups excluding tert-OH is 1. The van der Waals surface area contributed by atoms with Crippen LogP contribution in [0.2, 0.25) is 0 Å². The Bertz CT molecular complexity index is 408. The zero-order valence-electron chi connectivity index (χ0n) is 7.66. The van der Waals surface area contributed by atoms with E-state index in [-0.39, 0.29) is 12.0 Å². The summed E-state index contributed by atoms with van der Waals surface area (Å²) in [6, 6.07) is 7.73. The van der Waals surface area contributed by atoms with Gasteiger partial charge in [-0.1, -0.05) is 18.2 Å². The lowest BCUT2D eigenvalue weighted by Gasteiger charge is -2.40. The first-order valence-electron chi connectivity index (χ1n) is 4.81. The maximum atomic E-state index is 11.8. The van der Waals surface area contributed by atoms with Crippen LogP contribution in [-0.2, 0) is 10.2 Å². The lowest BCUT2D eigenvalue weighted by molar-refractivity contribution is -0.128. The second kappa shape index (κ2) is 2.36. The number of hydrogen-bond donors (Lipinski definition) is 2. The fourth-order valence-electron chi connectivity index (χ4n) is 2.52. The Hall–Kier alpha value is -1.35. The van der Waals surface area contributed by atoms with E-state index >= 15 is 0 Å². The third-order valence-electron chi connectivity index (χ3n) is 3.29. The van der Waals surface area contributed by atoms with E-state index in [9.17, 15) is 9.90 Å². The van der Waals surface area contributed by atoms with Crippen molar-refractivity contribution >= 4 is 11.6 Å². The highest BCUT2D eigenvalue weighted by Gasteiger charge is 2.55. The molecule has 0 radical (unpaired) electrons. The molecule has 0 aromatic heterocycles. The van der Waals surface area contributed by atoms with Crippen LogP contribution in [0, 0.1) is 0 Å². The number of nitrogens with one attached hydrogen (secondary N) is 1. The molecule has 3 nitrogen and oxygen atoms in total. The monoisotopic (exact) mass is 189 g/mol. The van der Waals surface area contributed by atoms with Crippen LogP contribution in [0.1, 0.15) is 18.4 Å². The van der Waals surface area contributed by atoms with Gasteiger partial charge in [0.2, 0.25) is 5.91 Å². The Kier molecular flexibility index (Phi) is 1.35. The van der Waals surface area contributed by atoms with Crippen molar-refractivity contribution in [3.8, 4) is 0 Å². The first kappa shape index (κ1) is 8.00. The van der Waals surface area contributed by atoms with E-state index in [2.05, 4.69) is 5.32 Å². The zero-order chi connectivity index (χ0) is 9.76. The van der Waals surface area contributed by atoms with Crippen LogP contribution in [0.4, 0.5) is 5.69 Å². The van der Waals surface area contributed by atoms with Crippen molar-refractivity contribution in [3.05, 3.63) is 29.8 Å². The minimum absolute atomic E-state index is 0.0454. The lowest BCUT2D eigenvalue weighted by atomic mass is 9.63. The molecule has 0 atom stereocenters. The van der Waals surface area contributed by atoms with Crippen LogP contribution in [0.25, 0.3) is 0 Å². The highest BCUT2D eigenvalue weighted by Crippen LogP contribution is 2.50. The molecule has 1 aliphatic carbocycles. The van der Waals surface area contributed by atoms with Crippen molar-refractivity contribution in [1.82, 2.24) is 0 Å². The summed E-state index contributed by atoms with van der Waals surface area (Å²) in [4.78, 5) is 11.8. The van der Waals surface area contributed by atoms with Crippen molar-refractivity contribution in [1.29, 1.82) is 0 Å². The molecule has 1 aromatic rings. The molecule has 0 saturated heterocycles. The Labute approximate surface area is 81.8 Å². The number of aliphatic hydroxyl groups is 1. The van der Waals surface area contributed by atoms with Gasteiger partial charge in [-0.2, -0.15) is 0 Å². The average Bonchev–Trinajstić information content (AvgIpc) is 2.40. The van der Waals surface area contributed by atoms with Crippen LogP contribution in [0.15, 0.2) is 24.3 Å². The van der Waals surface area contributed by atoms with Gasteiger partial charge in [0, 0.05) is 5.69 Å². The summed E-state index contributed by atoms with van der Waals surface area (Å²) in [7, 11) is 0. The highest BCUT2D eigenvalue weighted by molar-refractivity contribution is 6.07. The number of carbonyl (C=O) groups excluding carboxylic acids is 1. The molecule has 0 unspecified atom stereocenters. The average molecular weight is 189 g/mol. The van der Waals surface area contributed by atoms with Gasteiger partial charge in [0.05, 0.1) is 11.5 Å². The first-order valence-corrected chi connectivity index (χ1v) is 4.81. The van der Waals surface area contributed by atoms with Crippen molar-refractivity contribution in [2.24, 2.45) is 0 Å². The van der Waals surface area contributed by atoms with Gasteiger partial charge >= 0.3 is 0 Å². The van der Waals surface area contributed by atoms with Crippen molar-refractivity contribution in [3.63, 3.8) is 0 Å². The molecule has 2 aliphatic rings. The fraction of sp³-hybridized carbons (Fsp3) is 0.364. The van der Waals surface area contributed by atoms with Crippen LogP contribution in [0.5, 0.6) is 0 Å². The number of fused-ring (bicyclic) bond motifs is 2. The Morgan fingerprint density at radius 3 is 2.79 bits per heavy atom. The minimum Gasteiger partial charge on any atom is -0.393 e. The summed E-state index contributed by atoms with van der Waals surface area (Å²) in [6.07, 6.45) is 0.818. The third kappa shape index (κ3) is 0.780. The molecular weight excluding hydrogens is 178 g/mol. The molecule has 1 aliphatic heterocycles. The van der Waals surface area contributed by atoms with E-state index in [1.165, 1.54) is 0 Å². The first-order chi connectivity index (χ1) is 6.72. The van der Waals surface area contributed by atoms with Gasteiger partial charge in [-0.25, -0.2) is 0 Å². The minimum atomic E-state index is -0.421. The van der Waals surface area contributed by atoms with Crippen LogP contribution >= 0.6 is 0 Å². The SMILES string of the molecule is O=C1Nc2ccccc2[C@]12C[C@@H](O)C2. The van der Waals surface area contributed by atoms with E-state index in [0.717, 1.165) is 11.3 Å².